The minimum absolute atomic E-state index is 0.787. The number of hydrogen-bond acceptors (Lipinski definition) is 7. The van der Waals surface area contributed by atoms with Crippen LogP contribution in [0.3, 0.4) is 0 Å². The topological polar surface area (TPSA) is 90.2 Å². The van der Waals surface area contributed by atoms with Crippen molar-refractivity contribution in [2.45, 2.75) is 13.8 Å². The number of aromatic nitrogens is 7. The van der Waals surface area contributed by atoms with Crippen LogP contribution in [-0.4, -0.2) is 35.8 Å². The molecule has 0 aromatic carbocycles. The standard InChI is InChI=1S/C4H5N3.C3H4N4/c1-4-2-6-7-3-5-4;1-3-2-4-6-7-5-3/h2-3H,1H3;2H,1H3. The Morgan fingerprint density at radius 3 is 1.93 bits per heavy atom. The Morgan fingerprint density at radius 2 is 1.64 bits per heavy atom. The Bertz CT molecular complexity index is 311. The van der Waals surface area contributed by atoms with Gasteiger partial charge >= 0.3 is 0 Å². The van der Waals surface area contributed by atoms with Gasteiger partial charge in [0.1, 0.15) is 6.33 Å². The first-order valence-electron chi connectivity index (χ1n) is 3.86. The highest BCUT2D eigenvalue weighted by Crippen LogP contribution is 1.78. The molecule has 0 bridgehead atoms. The van der Waals surface area contributed by atoms with Gasteiger partial charge in [-0.2, -0.15) is 5.10 Å². The monoisotopic (exact) mass is 191 g/mol. The maximum absolute atomic E-state index is 3.81. The number of nitrogens with zero attached hydrogens (tertiary/aromatic N) is 7. The Labute approximate surface area is 80.6 Å². The molecule has 0 aliphatic rings. The third-order valence-corrected chi connectivity index (χ3v) is 1.16. The van der Waals surface area contributed by atoms with E-state index in [0.717, 1.165) is 11.4 Å². The lowest BCUT2D eigenvalue weighted by Gasteiger charge is -1.80. The van der Waals surface area contributed by atoms with Crippen molar-refractivity contribution in [3.8, 4) is 0 Å². The summed E-state index contributed by atoms with van der Waals surface area (Å²) in [6.07, 6.45) is 4.59. The first kappa shape index (κ1) is 10.0. The van der Waals surface area contributed by atoms with Crippen LogP contribution in [0.4, 0.5) is 0 Å². The summed E-state index contributed by atoms with van der Waals surface area (Å²) in [4.78, 5) is 3.81. The van der Waals surface area contributed by atoms with Crippen LogP contribution in [0.1, 0.15) is 11.4 Å². The molecule has 2 rings (SSSR count). The van der Waals surface area contributed by atoms with E-state index in [-0.39, 0.29) is 0 Å². The van der Waals surface area contributed by atoms with E-state index in [1.165, 1.54) is 6.33 Å². The summed E-state index contributed by atoms with van der Waals surface area (Å²) in [6.45, 7) is 3.68. The molecule has 0 unspecified atom stereocenters. The van der Waals surface area contributed by atoms with Gasteiger partial charge in [0.25, 0.3) is 0 Å². The lowest BCUT2D eigenvalue weighted by molar-refractivity contribution is 0.742. The van der Waals surface area contributed by atoms with Crippen molar-refractivity contribution in [2.24, 2.45) is 0 Å². The molecular formula is C7H9N7. The molecule has 0 aliphatic carbocycles. The molecular weight excluding hydrogens is 182 g/mol. The molecule has 7 nitrogen and oxygen atoms in total. The average Bonchev–Trinajstić information content (AvgIpc) is 2.21. The van der Waals surface area contributed by atoms with Crippen molar-refractivity contribution < 1.29 is 0 Å². The molecule has 2 aromatic rings. The Kier molecular flexibility index (Phi) is 3.99. The van der Waals surface area contributed by atoms with Crippen LogP contribution in [0.15, 0.2) is 18.7 Å². The quantitative estimate of drug-likeness (QED) is 0.567. The molecule has 0 radical (unpaired) electrons. The highest BCUT2D eigenvalue weighted by Gasteiger charge is 1.77. The molecule has 0 spiro atoms. The average molecular weight is 191 g/mol. The smallest absolute Gasteiger partial charge is 0.138 e. The lowest BCUT2D eigenvalue weighted by Crippen LogP contribution is -1.90. The molecule has 0 N–H and O–H groups in total. The summed E-state index contributed by atoms with van der Waals surface area (Å²) in [5.74, 6) is 0. The summed E-state index contributed by atoms with van der Waals surface area (Å²) >= 11 is 0. The molecule has 0 saturated heterocycles. The van der Waals surface area contributed by atoms with Gasteiger partial charge in [0, 0.05) is 0 Å². The van der Waals surface area contributed by atoms with E-state index >= 15 is 0 Å². The van der Waals surface area contributed by atoms with Crippen molar-refractivity contribution in [3.63, 3.8) is 0 Å². The van der Waals surface area contributed by atoms with E-state index in [1.54, 1.807) is 12.4 Å². The zero-order valence-corrected chi connectivity index (χ0v) is 7.86. The van der Waals surface area contributed by atoms with Crippen molar-refractivity contribution in [2.75, 3.05) is 0 Å². The number of rotatable bonds is 0. The second kappa shape index (κ2) is 5.57. The van der Waals surface area contributed by atoms with Gasteiger partial charge < -0.3 is 0 Å². The van der Waals surface area contributed by atoms with E-state index in [4.69, 9.17) is 0 Å². The maximum atomic E-state index is 3.81. The first-order valence-corrected chi connectivity index (χ1v) is 3.86. The van der Waals surface area contributed by atoms with Crippen molar-refractivity contribution in [3.05, 3.63) is 30.1 Å². The second-order valence-electron chi connectivity index (χ2n) is 2.41. The van der Waals surface area contributed by atoms with E-state index in [9.17, 15) is 0 Å². The fraction of sp³-hybridized carbons (Fsp3) is 0.286. The van der Waals surface area contributed by atoms with Gasteiger partial charge in [-0.1, -0.05) is 0 Å². The third-order valence-electron chi connectivity index (χ3n) is 1.16. The SMILES string of the molecule is Cc1cnncn1.Cc1cnnnn1. The van der Waals surface area contributed by atoms with Crippen molar-refractivity contribution in [1.29, 1.82) is 0 Å². The predicted molar refractivity (Wildman–Crippen MR) is 46.9 cm³/mol. The molecule has 7 heteroatoms. The molecule has 0 atom stereocenters. The van der Waals surface area contributed by atoms with Crippen LogP contribution >= 0.6 is 0 Å². The molecule has 2 heterocycles. The van der Waals surface area contributed by atoms with E-state index < -0.39 is 0 Å². The summed E-state index contributed by atoms with van der Waals surface area (Å²) in [5, 5.41) is 20.6. The summed E-state index contributed by atoms with van der Waals surface area (Å²) in [5.41, 5.74) is 1.69. The predicted octanol–water partition coefficient (Wildman–Crippen LogP) is -0.245. The second-order valence-corrected chi connectivity index (χ2v) is 2.41. The Balaban J connectivity index is 0.000000140. The summed E-state index contributed by atoms with van der Waals surface area (Å²) < 4.78 is 0. The van der Waals surface area contributed by atoms with Gasteiger partial charge in [0.15, 0.2) is 0 Å². The largest absolute Gasteiger partial charge is 0.238 e. The van der Waals surface area contributed by atoms with Crippen LogP contribution in [-0.2, 0) is 0 Å². The van der Waals surface area contributed by atoms with Crippen LogP contribution in [0.2, 0.25) is 0 Å². The highest BCUT2D eigenvalue weighted by atomic mass is 15.4. The van der Waals surface area contributed by atoms with E-state index in [0.29, 0.717) is 0 Å². The molecule has 0 fully saturated rings. The Hall–Kier alpha value is -2.05. The van der Waals surface area contributed by atoms with Crippen LogP contribution < -0.4 is 0 Å². The van der Waals surface area contributed by atoms with Gasteiger partial charge in [0.05, 0.1) is 23.8 Å². The fourth-order valence-corrected chi connectivity index (χ4v) is 0.546. The maximum Gasteiger partial charge on any atom is 0.138 e. The van der Waals surface area contributed by atoms with E-state index in [1.807, 2.05) is 13.8 Å². The minimum atomic E-state index is 0.787. The molecule has 0 aliphatic heterocycles. The van der Waals surface area contributed by atoms with Gasteiger partial charge in [-0.3, -0.25) is 0 Å². The number of hydrogen-bond donors (Lipinski definition) is 0. The molecule has 0 amide bonds. The molecule has 72 valence electrons. The van der Waals surface area contributed by atoms with E-state index in [2.05, 4.69) is 35.8 Å². The normalized spacial score (nSPS) is 8.71. The minimum Gasteiger partial charge on any atom is -0.238 e. The van der Waals surface area contributed by atoms with Crippen LogP contribution in [0.25, 0.3) is 0 Å². The summed E-state index contributed by atoms with van der Waals surface area (Å²) in [7, 11) is 0. The molecule has 0 saturated carbocycles. The van der Waals surface area contributed by atoms with Crippen LogP contribution in [0, 0.1) is 13.8 Å². The summed E-state index contributed by atoms with van der Waals surface area (Å²) in [6, 6.07) is 0. The van der Waals surface area contributed by atoms with Gasteiger partial charge in [-0.15, -0.1) is 15.3 Å². The van der Waals surface area contributed by atoms with Gasteiger partial charge in [-0.05, 0) is 24.3 Å². The van der Waals surface area contributed by atoms with Crippen LogP contribution in [0.5, 0.6) is 0 Å². The zero-order valence-electron chi connectivity index (χ0n) is 7.86. The highest BCUT2D eigenvalue weighted by molar-refractivity contribution is 4.84. The number of aryl methyl sites for hydroxylation is 2. The van der Waals surface area contributed by atoms with Crippen molar-refractivity contribution >= 4 is 0 Å². The Morgan fingerprint density at radius 1 is 0.857 bits per heavy atom. The van der Waals surface area contributed by atoms with Crippen molar-refractivity contribution in [1.82, 2.24) is 35.8 Å². The lowest BCUT2D eigenvalue weighted by atomic mass is 10.6. The fourth-order valence-electron chi connectivity index (χ4n) is 0.546. The van der Waals surface area contributed by atoms with Gasteiger partial charge in [-0.25, -0.2) is 4.98 Å². The first-order chi connectivity index (χ1) is 6.79. The molecule has 2 aromatic heterocycles. The molecule has 14 heavy (non-hydrogen) atoms. The van der Waals surface area contributed by atoms with Gasteiger partial charge in [0.2, 0.25) is 0 Å². The zero-order chi connectivity index (χ0) is 10.2. The third kappa shape index (κ3) is 4.10.